The van der Waals surface area contributed by atoms with Gasteiger partial charge in [0, 0.05) is 18.0 Å². The van der Waals surface area contributed by atoms with E-state index in [4.69, 9.17) is 17.0 Å². The lowest BCUT2D eigenvalue weighted by Crippen LogP contribution is -2.17. The summed E-state index contributed by atoms with van der Waals surface area (Å²) in [6, 6.07) is 11.6. The van der Waals surface area contributed by atoms with Gasteiger partial charge in [-0.15, -0.1) is 0 Å². The van der Waals surface area contributed by atoms with E-state index in [1.807, 2.05) is 48.6 Å². The number of pyridine rings is 1. The van der Waals surface area contributed by atoms with E-state index >= 15 is 0 Å². The molecular weight excluding hydrogens is 340 g/mol. The molecule has 0 aliphatic carbocycles. The van der Waals surface area contributed by atoms with E-state index in [9.17, 15) is 4.79 Å². The lowest BCUT2D eigenvalue weighted by atomic mass is 10.2. The van der Waals surface area contributed by atoms with Crippen LogP contribution in [0.1, 0.15) is 11.1 Å². The standard InChI is InChI=1S/C18H14N2O2S2/c21-17-16(24-18(23)20-17)7-3-5-14-4-1-2-6-15(14)22-12-13-8-10-19-11-9-13/h1-11H,12H2,(H,20,21,23)/b5-3+,16-7-. The minimum absolute atomic E-state index is 0.156. The van der Waals surface area contributed by atoms with Gasteiger partial charge in [-0.1, -0.05) is 54.3 Å². The molecule has 1 N–H and O–H groups in total. The average molecular weight is 354 g/mol. The van der Waals surface area contributed by atoms with Crippen molar-refractivity contribution in [2.75, 3.05) is 0 Å². The summed E-state index contributed by atoms with van der Waals surface area (Å²) in [5.41, 5.74) is 1.99. The molecule has 0 radical (unpaired) electrons. The van der Waals surface area contributed by atoms with Gasteiger partial charge in [-0.05, 0) is 29.8 Å². The third kappa shape index (κ3) is 4.31. The number of carbonyl (C=O) groups excluding carboxylic acids is 1. The second-order valence-electron chi connectivity index (χ2n) is 4.92. The van der Waals surface area contributed by atoms with Gasteiger partial charge in [0.2, 0.25) is 0 Å². The Kier molecular flexibility index (Phi) is 5.40. The number of allylic oxidation sites excluding steroid dienone is 2. The van der Waals surface area contributed by atoms with Crippen LogP contribution in [-0.2, 0) is 11.4 Å². The van der Waals surface area contributed by atoms with E-state index in [0.717, 1.165) is 16.9 Å². The first-order chi connectivity index (χ1) is 11.7. The van der Waals surface area contributed by atoms with E-state index in [1.54, 1.807) is 18.5 Å². The quantitative estimate of drug-likeness (QED) is 0.655. The first-order valence-corrected chi connectivity index (χ1v) is 8.47. The Morgan fingerprint density at radius 3 is 2.75 bits per heavy atom. The number of rotatable bonds is 5. The SMILES string of the molecule is O=C1NC(=S)S/C1=C\C=C\c1ccccc1OCc1ccncc1. The lowest BCUT2D eigenvalue weighted by molar-refractivity contribution is -0.115. The predicted octanol–water partition coefficient (Wildman–Crippen LogP) is 3.71. The number of benzene rings is 1. The van der Waals surface area contributed by atoms with Gasteiger partial charge in [0.05, 0.1) is 4.91 Å². The number of hydrogen-bond acceptors (Lipinski definition) is 5. The number of para-hydroxylation sites is 1. The Hall–Kier alpha value is -2.44. The Morgan fingerprint density at radius 2 is 2.00 bits per heavy atom. The zero-order chi connectivity index (χ0) is 16.8. The highest BCUT2D eigenvalue weighted by Crippen LogP contribution is 2.24. The number of carbonyl (C=O) groups is 1. The lowest BCUT2D eigenvalue weighted by Gasteiger charge is -2.08. The number of hydrogen-bond donors (Lipinski definition) is 1. The van der Waals surface area contributed by atoms with Gasteiger partial charge in [0.1, 0.15) is 16.7 Å². The van der Waals surface area contributed by atoms with Crippen LogP contribution in [0.4, 0.5) is 0 Å². The van der Waals surface area contributed by atoms with Crippen molar-refractivity contribution in [3.8, 4) is 5.75 Å². The largest absolute Gasteiger partial charge is 0.488 e. The number of nitrogens with one attached hydrogen (secondary N) is 1. The van der Waals surface area contributed by atoms with Crippen molar-refractivity contribution in [1.29, 1.82) is 0 Å². The van der Waals surface area contributed by atoms with Gasteiger partial charge in [0.15, 0.2) is 0 Å². The first kappa shape index (κ1) is 16.4. The van der Waals surface area contributed by atoms with Crippen LogP contribution in [0.25, 0.3) is 6.08 Å². The fourth-order valence-corrected chi connectivity index (χ4v) is 3.06. The van der Waals surface area contributed by atoms with Crippen molar-refractivity contribution in [3.05, 3.63) is 77.0 Å². The van der Waals surface area contributed by atoms with Crippen LogP contribution in [0.5, 0.6) is 5.75 Å². The minimum atomic E-state index is -0.156. The van der Waals surface area contributed by atoms with Gasteiger partial charge in [-0.3, -0.25) is 9.78 Å². The molecule has 0 bridgehead atoms. The molecule has 1 aromatic heterocycles. The molecule has 1 amide bonds. The molecule has 24 heavy (non-hydrogen) atoms. The van der Waals surface area contributed by atoms with Gasteiger partial charge in [0.25, 0.3) is 5.91 Å². The fraction of sp³-hybridized carbons (Fsp3) is 0.0556. The molecule has 6 heteroatoms. The Morgan fingerprint density at radius 1 is 1.21 bits per heavy atom. The molecule has 0 unspecified atom stereocenters. The summed E-state index contributed by atoms with van der Waals surface area (Å²) < 4.78 is 6.37. The molecule has 120 valence electrons. The minimum Gasteiger partial charge on any atom is -0.488 e. The van der Waals surface area contributed by atoms with Crippen LogP contribution in [0.2, 0.25) is 0 Å². The van der Waals surface area contributed by atoms with E-state index in [1.165, 1.54) is 11.8 Å². The molecule has 1 aliphatic heterocycles. The highest BCUT2D eigenvalue weighted by molar-refractivity contribution is 8.26. The second kappa shape index (κ2) is 7.90. The summed E-state index contributed by atoms with van der Waals surface area (Å²) in [4.78, 5) is 16.2. The summed E-state index contributed by atoms with van der Waals surface area (Å²) in [5, 5.41) is 2.59. The van der Waals surface area contributed by atoms with Gasteiger partial charge in [-0.2, -0.15) is 0 Å². The van der Waals surface area contributed by atoms with Crippen molar-refractivity contribution < 1.29 is 9.53 Å². The molecule has 0 spiro atoms. The van der Waals surface area contributed by atoms with E-state index in [-0.39, 0.29) is 5.91 Å². The van der Waals surface area contributed by atoms with Crippen LogP contribution < -0.4 is 10.1 Å². The summed E-state index contributed by atoms with van der Waals surface area (Å²) in [6.45, 7) is 0.473. The maximum absolute atomic E-state index is 11.6. The van der Waals surface area contributed by atoms with Crippen molar-refractivity contribution in [2.24, 2.45) is 0 Å². The third-order valence-electron chi connectivity index (χ3n) is 3.23. The second-order valence-corrected chi connectivity index (χ2v) is 6.63. The summed E-state index contributed by atoms with van der Waals surface area (Å²) in [5.74, 6) is 0.625. The first-order valence-electron chi connectivity index (χ1n) is 7.24. The number of aromatic nitrogens is 1. The molecule has 1 aromatic carbocycles. The maximum atomic E-state index is 11.6. The molecular formula is C18H14N2O2S2. The Balaban J connectivity index is 1.70. The van der Waals surface area contributed by atoms with Crippen molar-refractivity contribution in [1.82, 2.24) is 10.3 Å². The van der Waals surface area contributed by atoms with Crippen molar-refractivity contribution >= 4 is 40.3 Å². The number of thiocarbonyl (C=S) groups is 1. The van der Waals surface area contributed by atoms with Crippen LogP contribution in [0, 0.1) is 0 Å². The van der Waals surface area contributed by atoms with E-state index < -0.39 is 0 Å². The number of ether oxygens (including phenoxy) is 1. The van der Waals surface area contributed by atoms with Crippen LogP contribution in [0.3, 0.4) is 0 Å². The highest BCUT2D eigenvalue weighted by atomic mass is 32.2. The molecule has 1 saturated heterocycles. The van der Waals surface area contributed by atoms with Gasteiger partial charge in [-0.25, -0.2) is 0 Å². The molecule has 2 aromatic rings. The van der Waals surface area contributed by atoms with E-state index in [0.29, 0.717) is 15.8 Å². The maximum Gasteiger partial charge on any atom is 0.263 e. The fourth-order valence-electron chi connectivity index (χ4n) is 2.06. The Labute approximate surface area is 149 Å². The zero-order valence-corrected chi connectivity index (χ0v) is 14.3. The molecule has 0 saturated carbocycles. The predicted molar refractivity (Wildman–Crippen MR) is 100 cm³/mol. The monoisotopic (exact) mass is 354 g/mol. The molecule has 1 aliphatic rings. The van der Waals surface area contributed by atoms with E-state index in [2.05, 4.69) is 10.3 Å². The number of amides is 1. The van der Waals surface area contributed by atoms with Gasteiger partial charge < -0.3 is 10.1 Å². The zero-order valence-electron chi connectivity index (χ0n) is 12.6. The average Bonchev–Trinajstić information content (AvgIpc) is 2.92. The highest BCUT2D eigenvalue weighted by Gasteiger charge is 2.20. The Bertz CT molecular complexity index is 817. The molecule has 0 atom stereocenters. The van der Waals surface area contributed by atoms with Crippen LogP contribution in [-0.4, -0.2) is 15.2 Å². The van der Waals surface area contributed by atoms with Crippen LogP contribution >= 0.6 is 24.0 Å². The number of nitrogens with zero attached hydrogens (tertiary/aromatic N) is 1. The van der Waals surface area contributed by atoms with Crippen molar-refractivity contribution in [2.45, 2.75) is 6.61 Å². The molecule has 1 fully saturated rings. The summed E-state index contributed by atoms with van der Waals surface area (Å²) in [6.07, 6.45) is 8.96. The van der Waals surface area contributed by atoms with Gasteiger partial charge >= 0.3 is 0 Å². The normalized spacial score (nSPS) is 15.9. The number of thioether (sulfide) groups is 1. The smallest absolute Gasteiger partial charge is 0.263 e. The molecule has 4 nitrogen and oxygen atoms in total. The van der Waals surface area contributed by atoms with Crippen molar-refractivity contribution in [3.63, 3.8) is 0 Å². The third-order valence-corrected chi connectivity index (χ3v) is 4.41. The molecule has 2 heterocycles. The summed E-state index contributed by atoms with van der Waals surface area (Å²) >= 11 is 6.22. The topological polar surface area (TPSA) is 51.2 Å². The van der Waals surface area contributed by atoms with Crippen LogP contribution in [0.15, 0.2) is 65.8 Å². The summed E-state index contributed by atoms with van der Waals surface area (Å²) in [7, 11) is 0. The molecule has 3 rings (SSSR count).